The van der Waals surface area contributed by atoms with Crippen LogP contribution in [0.5, 0.6) is 0 Å². The average Bonchev–Trinajstić information content (AvgIpc) is 2.77. The Morgan fingerprint density at radius 2 is 2.17 bits per heavy atom. The van der Waals surface area contributed by atoms with Gasteiger partial charge in [0.25, 0.3) is 0 Å². The smallest absolute Gasteiger partial charge is 0.311 e. The lowest BCUT2D eigenvalue weighted by molar-refractivity contribution is -0.156. The molecule has 0 saturated carbocycles. The van der Waals surface area contributed by atoms with Crippen LogP contribution in [0, 0.1) is 10.8 Å². The van der Waals surface area contributed by atoms with E-state index in [0.717, 1.165) is 25.8 Å². The van der Waals surface area contributed by atoms with E-state index in [4.69, 9.17) is 4.74 Å². The highest BCUT2D eigenvalue weighted by atomic mass is 16.5. The summed E-state index contributed by atoms with van der Waals surface area (Å²) in [5.41, 5.74) is -0.727. The Labute approximate surface area is 144 Å². The van der Waals surface area contributed by atoms with Gasteiger partial charge < -0.3 is 4.74 Å². The molecule has 0 bridgehead atoms. The van der Waals surface area contributed by atoms with Crippen molar-refractivity contribution in [3.05, 3.63) is 24.3 Å². The molecule has 4 nitrogen and oxygen atoms in total. The van der Waals surface area contributed by atoms with Gasteiger partial charge in [0.1, 0.15) is 6.61 Å². The van der Waals surface area contributed by atoms with Crippen LogP contribution in [0.15, 0.2) is 24.3 Å². The van der Waals surface area contributed by atoms with Gasteiger partial charge in [0.2, 0.25) is 0 Å². The molecule has 132 valence electrons. The Kier molecular flexibility index (Phi) is 4.69. The van der Waals surface area contributed by atoms with Gasteiger partial charge in [-0.15, -0.1) is 0 Å². The lowest BCUT2D eigenvalue weighted by Crippen LogP contribution is -2.46. The summed E-state index contributed by atoms with van der Waals surface area (Å²) in [4.78, 5) is 26.7. The Bertz CT molecular complexity index is 572. The summed E-state index contributed by atoms with van der Waals surface area (Å²) in [6, 6.07) is 0.495. The number of hydrogen-bond acceptors (Lipinski definition) is 4. The van der Waals surface area contributed by atoms with Gasteiger partial charge in [-0.3, -0.25) is 14.5 Å². The van der Waals surface area contributed by atoms with Crippen molar-refractivity contribution in [1.29, 1.82) is 0 Å². The number of carbonyl (C=O) groups excluding carboxylic acids is 2. The normalized spacial score (nSPS) is 34.9. The minimum atomic E-state index is -0.499. The molecule has 3 aliphatic rings. The van der Waals surface area contributed by atoms with E-state index < -0.39 is 5.41 Å². The summed E-state index contributed by atoms with van der Waals surface area (Å²) >= 11 is 0. The predicted octanol–water partition coefficient (Wildman–Crippen LogP) is 3.27. The second kappa shape index (κ2) is 6.47. The molecule has 0 radical (unpaired) electrons. The van der Waals surface area contributed by atoms with Gasteiger partial charge in [0, 0.05) is 23.9 Å². The fourth-order valence-electron chi connectivity index (χ4n) is 4.15. The van der Waals surface area contributed by atoms with Gasteiger partial charge in [-0.25, -0.2) is 0 Å². The second-order valence-electron chi connectivity index (χ2n) is 8.51. The highest BCUT2D eigenvalue weighted by Crippen LogP contribution is 2.47. The number of allylic oxidation sites excluding steroid dienone is 2. The van der Waals surface area contributed by atoms with E-state index in [1.165, 1.54) is 6.42 Å². The number of carbonyl (C=O) groups is 2. The van der Waals surface area contributed by atoms with Crippen LogP contribution in [0.2, 0.25) is 0 Å². The topological polar surface area (TPSA) is 46.6 Å². The summed E-state index contributed by atoms with van der Waals surface area (Å²) < 4.78 is 5.70. The van der Waals surface area contributed by atoms with Crippen LogP contribution in [-0.4, -0.2) is 41.9 Å². The van der Waals surface area contributed by atoms with Crippen LogP contribution in [0.4, 0.5) is 0 Å². The van der Waals surface area contributed by atoms with Crippen LogP contribution in [0.25, 0.3) is 0 Å². The van der Waals surface area contributed by atoms with E-state index in [9.17, 15) is 9.59 Å². The van der Waals surface area contributed by atoms with Crippen molar-refractivity contribution in [3.8, 4) is 0 Å². The van der Waals surface area contributed by atoms with Gasteiger partial charge in [-0.1, -0.05) is 18.2 Å². The molecule has 0 unspecified atom stereocenters. The Balaban J connectivity index is 1.84. The third kappa shape index (κ3) is 3.34. The summed E-state index contributed by atoms with van der Waals surface area (Å²) in [5.74, 6) is 0.0141. The van der Waals surface area contributed by atoms with E-state index in [2.05, 4.69) is 17.1 Å². The first-order valence-corrected chi connectivity index (χ1v) is 9.14. The van der Waals surface area contributed by atoms with E-state index in [-0.39, 0.29) is 23.2 Å². The van der Waals surface area contributed by atoms with E-state index >= 15 is 0 Å². The number of nitrogens with zero attached hydrogens (tertiary/aromatic N) is 1. The number of fused-ring (bicyclic) bond motifs is 3. The molecule has 1 saturated heterocycles. The van der Waals surface area contributed by atoms with E-state index in [0.29, 0.717) is 19.1 Å². The molecule has 2 aliphatic heterocycles. The van der Waals surface area contributed by atoms with Gasteiger partial charge >= 0.3 is 5.97 Å². The molecule has 4 heteroatoms. The standard InChI is InChI=1S/C20H29NO3/c1-19(2,3)18(23)24-14-20-10-9-16(22)12-17(20)21-11-7-5-4-6-8-15(21)13-20/h6,8-10,15,17H,4-5,7,11-14H2,1-3H3/b8-6-/t15-,17-,20-/m0/s1. The summed E-state index contributed by atoms with van der Waals surface area (Å²) in [6.07, 6.45) is 13.2. The SMILES string of the molecule is CC(C)(C)C(=O)OC[C@@]12C=CC(=O)C[C@@H]1N1CCCC/C=C\[C@H]1C2. The fraction of sp³-hybridized carbons (Fsp3) is 0.700. The summed E-state index contributed by atoms with van der Waals surface area (Å²) in [5, 5.41) is 0. The van der Waals surface area contributed by atoms with Gasteiger partial charge in [-0.2, -0.15) is 0 Å². The molecule has 0 spiro atoms. The molecule has 2 heterocycles. The molecular weight excluding hydrogens is 302 g/mol. The van der Waals surface area contributed by atoms with Crippen molar-refractivity contribution in [3.63, 3.8) is 0 Å². The van der Waals surface area contributed by atoms with Crippen molar-refractivity contribution < 1.29 is 14.3 Å². The molecule has 0 aromatic heterocycles. The maximum atomic E-state index is 12.2. The van der Waals surface area contributed by atoms with Crippen molar-refractivity contribution in [2.75, 3.05) is 13.2 Å². The minimum absolute atomic E-state index is 0.149. The number of ether oxygens (including phenoxy) is 1. The lowest BCUT2D eigenvalue weighted by atomic mass is 9.74. The number of rotatable bonds is 2. The molecule has 3 atom stereocenters. The van der Waals surface area contributed by atoms with Crippen LogP contribution in [-0.2, 0) is 14.3 Å². The van der Waals surface area contributed by atoms with E-state index in [1.807, 2.05) is 26.8 Å². The highest BCUT2D eigenvalue weighted by molar-refractivity contribution is 5.91. The van der Waals surface area contributed by atoms with Crippen molar-refractivity contribution in [2.24, 2.45) is 10.8 Å². The zero-order chi connectivity index (χ0) is 17.4. The summed E-state index contributed by atoms with van der Waals surface area (Å²) in [7, 11) is 0. The first-order valence-electron chi connectivity index (χ1n) is 9.14. The maximum Gasteiger partial charge on any atom is 0.311 e. The number of ketones is 1. The predicted molar refractivity (Wildman–Crippen MR) is 93.5 cm³/mol. The van der Waals surface area contributed by atoms with Gasteiger partial charge in [0.05, 0.1) is 5.41 Å². The molecular formula is C20H29NO3. The zero-order valence-corrected chi connectivity index (χ0v) is 15.1. The first-order chi connectivity index (χ1) is 11.3. The molecule has 1 aliphatic carbocycles. The average molecular weight is 331 g/mol. The highest BCUT2D eigenvalue weighted by Gasteiger charge is 2.52. The van der Waals surface area contributed by atoms with Crippen LogP contribution >= 0.6 is 0 Å². The van der Waals surface area contributed by atoms with Crippen molar-refractivity contribution in [2.45, 2.75) is 65.0 Å². The largest absolute Gasteiger partial charge is 0.464 e. The van der Waals surface area contributed by atoms with Crippen LogP contribution in [0.3, 0.4) is 0 Å². The molecule has 0 aromatic rings. The fourth-order valence-corrected chi connectivity index (χ4v) is 4.15. The first kappa shape index (κ1) is 17.4. The van der Waals surface area contributed by atoms with Gasteiger partial charge in [0.15, 0.2) is 5.78 Å². The monoisotopic (exact) mass is 331 g/mol. The minimum Gasteiger partial charge on any atom is -0.464 e. The summed E-state index contributed by atoms with van der Waals surface area (Å²) in [6.45, 7) is 7.02. The van der Waals surface area contributed by atoms with Crippen molar-refractivity contribution in [1.82, 2.24) is 4.90 Å². The van der Waals surface area contributed by atoms with Crippen LogP contribution < -0.4 is 0 Å². The maximum absolute atomic E-state index is 12.2. The Hall–Kier alpha value is -1.42. The van der Waals surface area contributed by atoms with Crippen molar-refractivity contribution >= 4 is 11.8 Å². The zero-order valence-electron chi connectivity index (χ0n) is 15.1. The van der Waals surface area contributed by atoms with E-state index in [1.54, 1.807) is 6.08 Å². The Morgan fingerprint density at radius 3 is 2.92 bits per heavy atom. The molecule has 24 heavy (non-hydrogen) atoms. The molecule has 0 N–H and O–H groups in total. The third-order valence-electron chi connectivity index (χ3n) is 5.55. The molecule has 3 rings (SSSR count). The lowest BCUT2D eigenvalue weighted by Gasteiger charge is -2.38. The Morgan fingerprint density at radius 1 is 1.38 bits per heavy atom. The quantitative estimate of drug-likeness (QED) is 0.575. The third-order valence-corrected chi connectivity index (χ3v) is 5.55. The molecule has 0 aromatic carbocycles. The van der Waals surface area contributed by atoms with Gasteiger partial charge in [-0.05, 0) is 59.1 Å². The number of esters is 1. The number of hydrogen-bond donors (Lipinski definition) is 0. The second-order valence-corrected chi connectivity index (χ2v) is 8.51. The molecule has 1 fully saturated rings. The molecule has 0 amide bonds. The van der Waals surface area contributed by atoms with Crippen LogP contribution in [0.1, 0.15) is 52.9 Å².